The number of halogens is 1. The van der Waals surface area contributed by atoms with Crippen LogP contribution in [0.3, 0.4) is 0 Å². The molecule has 128 valence electrons. The first kappa shape index (κ1) is 17.2. The molecule has 0 aliphatic heterocycles. The molecule has 0 aliphatic carbocycles. The van der Waals surface area contributed by atoms with Gasteiger partial charge in [-0.1, -0.05) is 34.1 Å². The van der Waals surface area contributed by atoms with Crippen LogP contribution in [0.2, 0.25) is 0 Å². The van der Waals surface area contributed by atoms with Crippen LogP contribution in [0.5, 0.6) is 5.75 Å². The van der Waals surface area contributed by atoms with Crippen molar-refractivity contribution in [2.75, 3.05) is 0 Å². The van der Waals surface area contributed by atoms with Crippen molar-refractivity contribution in [2.45, 2.75) is 13.2 Å². The first-order valence-electron chi connectivity index (χ1n) is 7.84. The van der Waals surface area contributed by atoms with Crippen molar-refractivity contribution in [1.29, 1.82) is 0 Å². The van der Waals surface area contributed by atoms with E-state index in [4.69, 9.17) is 4.74 Å². The molecular weight excluding hydrogens is 382 g/mol. The van der Waals surface area contributed by atoms with Crippen molar-refractivity contribution in [3.05, 3.63) is 82.1 Å². The summed E-state index contributed by atoms with van der Waals surface area (Å²) in [5, 5.41) is 6.99. The van der Waals surface area contributed by atoms with E-state index in [2.05, 4.69) is 26.3 Å². The van der Waals surface area contributed by atoms with E-state index in [0.717, 1.165) is 21.5 Å². The third-order valence-electron chi connectivity index (χ3n) is 3.74. The highest BCUT2D eigenvalue weighted by Crippen LogP contribution is 2.19. The molecular formula is C19H18BrN3O2. The molecule has 0 atom stereocenters. The van der Waals surface area contributed by atoms with Gasteiger partial charge in [-0.3, -0.25) is 9.48 Å². The standard InChI is InChI=1S/C19H18BrN3O2/c1-23-17(8-9-22-23)12-21-19(24)15-5-2-4-14(10-15)13-25-18-7-3-6-16(20)11-18/h2-11H,12-13H2,1H3,(H,21,24). The van der Waals surface area contributed by atoms with Crippen LogP contribution in [-0.2, 0) is 20.2 Å². The molecule has 0 spiro atoms. The number of carbonyl (C=O) groups is 1. The molecule has 0 saturated heterocycles. The molecule has 2 aromatic carbocycles. The van der Waals surface area contributed by atoms with Gasteiger partial charge in [0.2, 0.25) is 0 Å². The highest BCUT2D eigenvalue weighted by molar-refractivity contribution is 9.10. The number of aromatic nitrogens is 2. The molecule has 0 bridgehead atoms. The van der Waals surface area contributed by atoms with E-state index in [0.29, 0.717) is 18.7 Å². The van der Waals surface area contributed by atoms with Crippen LogP contribution in [-0.4, -0.2) is 15.7 Å². The Morgan fingerprint density at radius 3 is 2.80 bits per heavy atom. The lowest BCUT2D eigenvalue weighted by Crippen LogP contribution is -2.24. The van der Waals surface area contributed by atoms with Crippen molar-refractivity contribution in [2.24, 2.45) is 7.05 Å². The Balaban J connectivity index is 1.60. The highest BCUT2D eigenvalue weighted by atomic mass is 79.9. The predicted molar refractivity (Wildman–Crippen MR) is 99.3 cm³/mol. The van der Waals surface area contributed by atoms with Crippen LogP contribution in [0, 0.1) is 0 Å². The largest absolute Gasteiger partial charge is 0.489 e. The van der Waals surface area contributed by atoms with Crippen LogP contribution in [0.1, 0.15) is 21.6 Å². The van der Waals surface area contributed by atoms with Crippen LogP contribution >= 0.6 is 15.9 Å². The summed E-state index contributed by atoms with van der Waals surface area (Å²) in [5.41, 5.74) is 2.49. The van der Waals surface area contributed by atoms with Crippen molar-refractivity contribution < 1.29 is 9.53 Å². The Hall–Kier alpha value is -2.60. The van der Waals surface area contributed by atoms with Gasteiger partial charge in [0, 0.05) is 23.3 Å². The number of ether oxygens (including phenoxy) is 1. The normalized spacial score (nSPS) is 10.5. The average molecular weight is 400 g/mol. The molecule has 3 aromatic rings. The minimum atomic E-state index is -0.120. The van der Waals surface area contributed by atoms with Crippen LogP contribution in [0.15, 0.2) is 65.3 Å². The van der Waals surface area contributed by atoms with Gasteiger partial charge in [-0.25, -0.2) is 0 Å². The zero-order valence-electron chi connectivity index (χ0n) is 13.8. The SMILES string of the molecule is Cn1nccc1CNC(=O)c1cccc(COc2cccc(Br)c2)c1. The van der Waals surface area contributed by atoms with Crippen LogP contribution in [0.25, 0.3) is 0 Å². The Labute approximate surface area is 154 Å². The molecule has 0 radical (unpaired) electrons. The third-order valence-corrected chi connectivity index (χ3v) is 4.24. The second-order valence-corrected chi connectivity index (χ2v) is 6.49. The van der Waals surface area contributed by atoms with Crippen molar-refractivity contribution >= 4 is 21.8 Å². The Bertz CT molecular complexity index is 876. The zero-order valence-corrected chi connectivity index (χ0v) is 15.4. The van der Waals surface area contributed by atoms with Gasteiger partial charge in [0.25, 0.3) is 5.91 Å². The second-order valence-electron chi connectivity index (χ2n) is 5.58. The molecule has 0 unspecified atom stereocenters. The summed E-state index contributed by atoms with van der Waals surface area (Å²) in [6.07, 6.45) is 1.71. The van der Waals surface area contributed by atoms with E-state index in [1.165, 1.54) is 0 Å². The number of carbonyl (C=O) groups excluding carboxylic acids is 1. The first-order valence-corrected chi connectivity index (χ1v) is 8.63. The Morgan fingerprint density at radius 2 is 2.04 bits per heavy atom. The summed E-state index contributed by atoms with van der Waals surface area (Å²) < 4.78 is 8.47. The number of amides is 1. The smallest absolute Gasteiger partial charge is 0.251 e. The molecule has 3 rings (SSSR count). The lowest BCUT2D eigenvalue weighted by atomic mass is 10.1. The van der Waals surface area contributed by atoms with E-state index < -0.39 is 0 Å². The second kappa shape index (κ2) is 7.98. The highest BCUT2D eigenvalue weighted by Gasteiger charge is 2.08. The van der Waals surface area contributed by atoms with Gasteiger partial charge in [0.15, 0.2) is 0 Å². The Morgan fingerprint density at radius 1 is 1.20 bits per heavy atom. The number of nitrogens with zero attached hydrogens (tertiary/aromatic N) is 2. The van der Waals surface area contributed by atoms with Crippen molar-refractivity contribution in [3.63, 3.8) is 0 Å². The van der Waals surface area contributed by atoms with Crippen LogP contribution in [0.4, 0.5) is 0 Å². The molecule has 1 aromatic heterocycles. The minimum Gasteiger partial charge on any atom is -0.489 e. The van der Waals surface area contributed by atoms with E-state index in [9.17, 15) is 4.79 Å². The maximum absolute atomic E-state index is 12.3. The number of hydrogen-bond acceptors (Lipinski definition) is 3. The lowest BCUT2D eigenvalue weighted by molar-refractivity contribution is 0.0950. The van der Waals surface area contributed by atoms with E-state index in [1.54, 1.807) is 16.9 Å². The molecule has 0 aliphatic rings. The summed E-state index contributed by atoms with van der Waals surface area (Å²) in [7, 11) is 1.85. The van der Waals surface area contributed by atoms with E-state index in [1.807, 2.05) is 55.6 Å². The fourth-order valence-corrected chi connectivity index (χ4v) is 2.75. The van der Waals surface area contributed by atoms with E-state index in [-0.39, 0.29) is 5.91 Å². The van der Waals surface area contributed by atoms with Gasteiger partial charge in [-0.2, -0.15) is 5.10 Å². The molecule has 6 heteroatoms. The van der Waals surface area contributed by atoms with Crippen molar-refractivity contribution in [1.82, 2.24) is 15.1 Å². The molecule has 0 fully saturated rings. The van der Waals surface area contributed by atoms with Gasteiger partial charge in [-0.15, -0.1) is 0 Å². The molecule has 5 nitrogen and oxygen atoms in total. The van der Waals surface area contributed by atoms with Gasteiger partial charge in [-0.05, 0) is 42.0 Å². The summed E-state index contributed by atoms with van der Waals surface area (Å²) >= 11 is 3.42. The van der Waals surface area contributed by atoms with Gasteiger partial charge in [0.1, 0.15) is 12.4 Å². The summed E-state index contributed by atoms with van der Waals surface area (Å²) in [6.45, 7) is 0.841. The fraction of sp³-hybridized carbons (Fsp3) is 0.158. The van der Waals surface area contributed by atoms with Crippen LogP contribution < -0.4 is 10.1 Å². The minimum absolute atomic E-state index is 0.120. The number of hydrogen-bond donors (Lipinski definition) is 1. The van der Waals surface area contributed by atoms with Gasteiger partial charge < -0.3 is 10.1 Å². The van der Waals surface area contributed by atoms with E-state index >= 15 is 0 Å². The number of nitrogens with one attached hydrogen (secondary N) is 1. The zero-order chi connectivity index (χ0) is 17.6. The number of benzene rings is 2. The summed E-state index contributed by atoms with van der Waals surface area (Å²) in [6, 6.07) is 17.0. The molecule has 1 heterocycles. The summed E-state index contributed by atoms with van der Waals surface area (Å²) in [5.74, 6) is 0.658. The lowest BCUT2D eigenvalue weighted by Gasteiger charge is -2.09. The predicted octanol–water partition coefficient (Wildman–Crippen LogP) is 3.69. The number of rotatable bonds is 6. The maximum Gasteiger partial charge on any atom is 0.251 e. The monoisotopic (exact) mass is 399 g/mol. The quantitative estimate of drug-likeness (QED) is 0.687. The maximum atomic E-state index is 12.3. The molecule has 1 amide bonds. The molecule has 0 saturated carbocycles. The van der Waals surface area contributed by atoms with Gasteiger partial charge in [0.05, 0.1) is 12.2 Å². The summed E-state index contributed by atoms with van der Waals surface area (Å²) in [4.78, 5) is 12.3. The Kier molecular flexibility index (Phi) is 5.50. The first-order chi connectivity index (χ1) is 12.1. The number of aryl methyl sites for hydroxylation is 1. The molecule has 25 heavy (non-hydrogen) atoms. The third kappa shape index (κ3) is 4.70. The average Bonchev–Trinajstić information content (AvgIpc) is 3.03. The van der Waals surface area contributed by atoms with Gasteiger partial charge >= 0.3 is 0 Å². The van der Waals surface area contributed by atoms with Crippen molar-refractivity contribution in [3.8, 4) is 5.75 Å². The topological polar surface area (TPSA) is 56.2 Å². The fourth-order valence-electron chi connectivity index (χ4n) is 2.37. The molecule has 1 N–H and O–H groups in total.